The van der Waals surface area contributed by atoms with Crippen molar-refractivity contribution in [2.45, 2.75) is 74.8 Å². The Hall–Kier alpha value is -2.34. The van der Waals surface area contributed by atoms with Gasteiger partial charge in [-0.1, -0.05) is 31.2 Å². The van der Waals surface area contributed by atoms with Crippen LogP contribution < -0.4 is 0 Å². The van der Waals surface area contributed by atoms with Crippen molar-refractivity contribution in [2.75, 3.05) is 0 Å². The Labute approximate surface area is 193 Å². The molecule has 2 bridgehead atoms. The van der Waals surface area contributed by atoms with E-state index in [0.717, 1.165) is 37.7 Å². The number of benzene rings is 1. The SMILES string of the molecule is C[C@]12CC=C3C=C4[C@@H](O)[C@@H](O)C(=O)C[C@]45CC[C@]3(O5)[C@@H]1CC[C@@H]2c1ccc2ccncc2c1. The molecule has 2 spiro atoms. The molecular weight excluding hydrogens is 414 g/mol. The average Bonchev–Trinajstić information content (AvgIpc) is 3.33. The predicted molar refractivity (Wildman–Crippen MR) is 124 cm³/mol. The highest BCUT2D eigenvalue weighted by atomic mass is 16.5. The Kier molecular flexibility index (Phi) is 3.90. The van der Waals surface area contributed by atoms with Gasteiger partial charge in [0.2, 0.25) is 0 Å². The van der Waals surface area contributed by atoms with Gasteiger partial charge in [-0.05, 0) is 83.6 Å². The van der Waals surface area contributed by atoms with E-state index in [4.69, 9.17) is 4.74 Å². The fourth-order valence-electron chi connectivity index (χ4n) is 8.14. The van der Waals surface area contributed by atoms with Crippen molar-refractivity contribution >= 4 is 16.6 Å². The van der Waals surface area contributed by atoms with Crippen LogP contribution in [0.1, 0.15) is 56.9 Å². The van der Waals surface area contributed by atoms with E-state index in [0.29, 0.717) is 17.4 Å². The number of aromatic nitrogens is 1. The van der Waals surface area contributed by atoms with Crippen molar-refractivity contribution in [3.05, 3.63) is 65.5 Å². The van der Waals surface area contributed by atoms with Crippen LogP contribution in [0, 0.1) is 11.3 Å². The number of ether oxygens (including phenoxy) is 1. The number of hydrogen-bond donors (Lipinski definition) is 2. The van der Waals surface area contributed by atoms with Gasteiger partial charge in [-0.15, -0.1) is 0 Å². The van der Waals surface area contributed by atoms with Crippen LogP contribution in [-0.2, 0) is 9.53 Å². The van der Waals surface area contributed by atoms with E-state index in [1.54, 1.807) is 0 Å². The molecule has 170 valence electrons. The number of aliphatic hydroxyl groups is 2. The predicted octanol–water partition coefficient (Wildman–Crippen LogP) is 3.99. The Morgan fingerprint density at radius 3 is 2.85 bits per heavy atom. The molecule has 7 atom stereocenters. The first kappa shape index (κ1) is 20.1. The highest BCUT2D eigenvalue weighted by molar-refractivity contribution is 5.88. The second-order valence-electron chi connectivity index (χ2n) is 11.2. The van der Waals surface area contributed by atoms with Crippen molar-refractivity contribution in [3.8, 4) is 0 Å². The molecule has 5 heteroatoms. The number of aliphatic hydroxyl groups excluding tert-OH is 2. The fraction of sp³-hybridized carbons (Fsp3) is 0.500. The molecule has 2 N–H and O–H groups in total. The van der Waals surface area contributed by atoms with Crippen LogP contribution in [0.15, 0.2) is 60.0 Å². The highest BCUT2D eigenvalue weighted by Crippen LogP contribution is 2.69. The summed E-state index contributed by atoms with van der Waals surface area (Å²) in [7, 11) is 0. The van der Waals surface area contributed by atoms with Crippen molar-refractivity contribution in [1.82, 2.24) is 4.98 Å². The largest absolute Gasteiger partial charge is 0.385 e. The molecule has 2 aromatic rings. The fourth-order valence-corrected chi connectivity index (χ4v) is 8.14. The molecule has 3 fully saturated rings. The number of allylic oxidation sites excluding steroid dienone is 1. The molecule has 1 aromatic carbocycles. The Morgan fingerprint density at radius 2 is 1.97 bits per heavy atom. The molecule has 0 amide bonds. The van der Waals surface area contributed by atoms with Gasteiger partial charge in [0.1, 0.15) is 17.8 Å². The molecule has 1 saturated heterocycles. The number of pyridine rings is 1. The first-order chi connectivity index (χ1) is 15.9. The average molecular weight is 444 g/mol. The van der Waals surface area contributed by atoms with E-state index in [1.165, 1.54) is 16.3 Å². The minimum absolute atomic E-state index is 0.0626. The van der Waals surface area contributed by atoms with Crippen LogP contribution in [0.3, 0.4) is 0 Å². The van der Waals surface area contributed by atoms with Crippen molar-refractivity contribution in [3.63, 3.8) is 0 Å². The number of hydrogen-bond acceptors (Lipinski definition) is 5. The maximum absolute atomic E-state index is 12.5. The third kappa shape index (κ3) is 2.43. The van der Waals surface area contributed by atoms with Crippen molar-refractivity contribution < 1.29 is 19.7 Å². The van der Waals surface area contributed by atoms with E-state index < -0.39 is 23.4 Å². The first-order valence-corrected chi connectivity index (χ1v) is 12.2. The molecule has 33 heavy (non-hydrogen) atoms. The molecule has 3 heterocycles. The molecule has 0 radical (unpaired) electrons. The lowest BCUT2D eigenvalue weighted by molar-refractivity contribution is -0.164. The van der Waals surface area contributed by atoms with Crippen LogP contribution in [0.25, 0.3) is 10.8 Å². The summed E-state index contributed by atoms with van der Waals surface area (Å²) >= 11 is 0. The van der Waals surface area contributed by atoms with Crippen LogP contribution in [-0.4, -0.2) is 44.4 Å². The van der Waals surface area contributed by atoms with E-state index in [-0.39, 0.29) is 17.6 Å². The van der Waals surface area contributed by atoms with Crippen LogP contribution in [0.4, 0.5) is 0 Å². The monoisotopic (exact) mass is 443 g/mol. The van der Waals surface area contributed by atoms with Gasteiger partial charge in [-0.25, -0.2) is 0 Å². The third-order valence-corrected chi connectivity index (χ3v) is 9.74. The molecule has 0 unspecified atom stereocenters. The van der Waals surface area contributed by atoms with E-state index in [2.05, 4.69) is 48.3 Å². The Balaban J connectivity index is 1.31. The molecular formula is C28H29NO4. The smallest absolute Gasteiger partial charge is 0.167 e. The molecule has 5 nitrogen and oxygen atoms in total. The lowest BCUT2D eigenvalue weighted by atomic mass is 9.58. The number of carbonyl (C=O) groups excluding carboxylic acids is 1. The summed E-state index contributed by atoms with van der Waals surface area (Å²) in [6, 6.07) is 8.86. The summed E-state index contributed by atoms with van der Waals surface area (Å²) in [5.74, 6) is 0.484. The van der Waals surface area contributed by atoms with Crippen LogP contribution in [0.2, 0.25) is 0 Å². The van der Waals surface area contributed by atoms with Crippen molar-refractivity contribution in [2.24, 2.45) is 11.3 Å². The lowest BCUT2D eigenvalue weighted by Crippen LogP contribution is -2.58. The van der Waals surface area contributed by atoms with E-state index in [9.17, 15) is 15.0 Å². The maximum Gasteiger partial charge on any atom is 0.167 e. The normalized spacial score (nSPS) is 43.5. The second-order valence-corrected chi connectivity index (χ2v) is 11.2. The Morgan fingerprint density at radius 1 is 1.09 bits per heavy atom. The van der Waals surface area contributed by atoms with E-state index >= 15 is 0 Å². The number of Topliss-reactive ketones (excluding diaryl/α,β-unsaturated/α-hetero) is 1. The molecule has 3 aliphatic carbocycles. The van der Waals surface area contributed by atoms with Crippen LogP contribution >= 0.6 is 0 Å². The summed E-state index contributed by atoms with van der Waals surface area (Å²) in [5, 5.41) is 23.3. The van der Waals surface area contributed by atoms with Gasteiger partial charge in [-0.3, -0.25) is 9.78 Å². The van der Waals surface area contributed by atoms with Gasteiger partial charge in [0.25, 0.3) is 0 Å². The number of carbonyl (C=O) groups is 1. The molecule has 2 saturated carbocycles. The molecule has 2 aliphatic heterocycles. The zero-order valence-corrected chi connectivity index (χ0v) is 18.8. The Bertz CT molecular complexity index is 1270. The van der Waals surface area contributed by atoms with Gasteiger partial charge in [-0.2, -0.15) is 0 Å². The van der Waals surface area contributed by atoms with Gasteiger partial charge in [0.05, 0.1) is 5.60 Å². The minimum atomic E-state index is -1.34. The molecule has 1 aromatic heterocycles. The zero-order chi connectivity index (χ0) is 22.6. The summed E-state index contributed by atoms with van der Waals surface area (Å²) in [6.07, 6.45) is 10.6. The number of fused-ring (bicyclic) bond motifs is 2. The standard InChI is InChI=1S/C28H29NO4/c1-26-8-6-19-13-21-24(31)25(32)22(30)14-27(21)9-10-28(19,33-27)23(26)5-4-20(26)17-3-2-16-7-11-29-15-18(16)12-17/h2-3,6-7,11-13,15,20,23-25,31-32H,4-5,8-10,14H2,1H3/t20-,23-,24-,25+,26-,27-,28-/m1/s1. The zero-order valence-electron chi connectivity index (χ0n) is 18.8. The minimum Gasteiger partial charge on any atom is -0.385 e. The molecule has 7 rings (SSSR count). The maximum atomic E-state index is 12.5. The van der Waals surface area contributed by atoms with Crippen molar-refractivity contribution in [1.29, 1.82) is 0 Å². The number of ketones is 1. The third-order valence-electron chi connectivity index (χ3n) is 9.74. The van der Waals surface area contributed by atoms with Gasteiger partial charge < -0.3 is 14.9 Å². The van der Waals surface area contributed by atoms with Gasteiger partial charge in [0, 0.05) is 24.2 Å². The summed E-state index contributed by atoms with van der Waals surface area (Å²) in [6.45, 7) is 2.42. The first-order valence-electron chi connectivity index (χ1n) is 12.2. The summed E-state index contributed by atoms with van der Waals surface area (Å²) in [5.41, 5.74) is 2.14. The molecule has 5 aliphatic rings. The highest BCUT2D eigenvalue weighted by Gasteiger charge is 2.68. The number of rotatable bonds is 1. The second kappa shape index (κ2) is 6.41. The van der Waals surface area contributed by atoms with Gasteiger partial charge in [0.15, 0.2) is 5.78 Å². The topological polar surface area (TPSA) is 79.7 Å². The summed E-state index contributed by atoms with van der Waals surface area (Å²) < 4.78 is 6.96. The lowest BCUT2D eigenvalue weighted by Gasteiger charge is -2.54. The number of nitrogens with zero attached hydrogens (tertiary/aromatic N) is 1. The van der Waals surface area contributed by atoms with Gasteiger partial charge >= 0.3 is 0 Å². The quantitative estimate of drug-likeness (QED) is 0.697. The van der Waals surface area contributed by atoms with Crippen LogP contribution in [0.5, 0.6) is 0 Å². The van der Waals surface area contributed by atoms with E-state index in [1.807, 2.05) is 12.4 Å². The summed E-state index contributed by atoms with van der Waals surface area (Å²) in [4.78, 5) is 16.8.